The molecule has 1 aliphatic heterocycles. The van der Waals surface area contributed by atoms with Crippen LogP contribution in [0.4, 0.5) is 0 Å². The molecule has 158 valence electrons. The fourth-order valence-electron chi connectivity index (χ4n) is 5.69. The van der Waals surface area contributed by atoms with E-state index in [1.807, 2.05) is 31.2 Å². The average Bonchev–Trinajstić information content (AvgIpc) is 3.41. The molecule has 3 amide bonds. The zero-order chi connectivity index (χ0) is 21.3. The van der Waals surface area contributed by atoms with Gasteiger partial charge in [0.15, 0.2) is 0 Å². The highest BCUT2D eigenvalue weighted by Gasteiger charge is 2.67. The molecule has 6 atom stereocenters. The van der Waals surface area contributed by atoms with Crippen molar-refractivity contribution in [2.24, 2.45) is 35.5 Å². The van der Waals surface area contributed by atoms with Crippen molar-refractivity contribution < 1.29 is 18.9 Å². The van der Waals surface area contributed by atoms with Crippen LogP contribution in [0.15, 0.2) is 40.9 Å². The molecule has 1 N–H and O–H groups in total. The normalized spacial score (nSPS) is 32.2. The molecule has 2 aromatic rings. The van der Waals surface area contributed by atoms with E-state index in [2.05, 4.69) is 27.6 Å². The molecule has 3 fully saturated rings. The second-order valence-electron chi connectivity index (χ2n) is 9.07. The molecule has 0 spiro atoms. The third kappa shape index (κ3) is 2.85. The van der Waals surface area contributed by atoms with Gasteiger partial charge in [-0.3, -0.25) is 19.3 Å². The molecule has 1 aromatic heterocycles. The van der Waals surface area contributed by atoms with E-state index in [4.69, 9.17) is 4.52 Å². The molecule has 4 aliphatic carbocycles. The number of nitrogens with one attached hydrogen (secondary N) is 1. The van der Waals surface area contributed by atoms with Crippen molar-refractivity contribution in [3.63, 3.8) is 0 Å². The molecular formula is C23H22N4O4. The van der Waals surface area contributed by atoms with Gasteiger partial charge >= 0.3 is 0 Å². The molecule has 1 saturated heterocycles. The predicted octanol–water partition coefficient (Wildman–Crippen LogP) is 1.71. The van der Waals surface area contributed by atoms with Crippen LogP contribution in [0.5, 0.6) is 0 Å². The molecule has 5 aliphatic rings. The van der Waals surface area contributed by atoms with Gasteiger partial charge in [0, 0.05) is 5.56 Å². The summed E-state index contributed by atoms with van der Waals surface area (Å²) in [5, 5.41) is 6.62. The highest BCUT2D eigenvalue weighted by molar-refractivity contribution is 6.08. The van der Waals surface area contributed by atoms with Crippen LogP contribution in [0.2, 0.25) is 0 Å². The van der Waals surface area contributed by atoms with Crippen LogP contribution in [-0.4, -0.2) is 39.3 Å². The van der Waals surface area contributed by atoms with Crippen molar-refractivity contribution in [3.8, 4) is 11.4 Å². The molecule has 2 saturated carbocycles. The van der Waals surface area contributed by atoms with Crippen LogP contribution in [0, 0.1) is 42.4 Å². The van der Waals surface area contributed by atoms with E-state index < -0.39 is 5.91 Å². The maximum absolute atomic E-state index is 12.9. The zero-order valence-electron chi connectivity index (χ0n) is 17.0. The Kier molecular flexibility index (Phi) is 3.94. The molecule has 7 rings (SSSR count). The van der Waals surface area contributed by atoms with Gasteiger partial charge in [0.1, 0.15) is 6.54 Å². The number of hydrogen-bond donors (Lipinski definition) is 1. The number of nitrogens with zero attached hydrogens (tertiary/aromatic N) is 3. The van der Waals surface area contributed by atoms with Gasteiger partial charge in [-0.05, 0) is 37.0 Å². The third-order valence-electron chi connectivity index (χ3n) is 7.27. The van der Waals surface area contributed by atoms with Crippen molar-refractivity contribution in [2.75, 3.05) is 6.54 Å². The maximum atomic E-state index is 12.9. The molecule has 2 bridgehead atoms. The molecule has 2 heterocycles. The fourth-order valence-corrected chi connectivity index (χ4v) is 5.69. The van der Waals surface area contributed by atoms with Crippen molar-refractivity contribution in [1.29, 1.82) is 0 Å². The lowest BCUT2D eigenvalue weighted by Crippen LogP contribution is -2.41. The number of aryl methyl sites for hydroxylation is 1. The second-order valence-corrected chi connectivity index (χ2v) is 9.07. The Morgan fingerprint density at radius 2 is 1.74 bits per heavy atom. The summed E-state index contributed by atoms with van der Waals surface area (Å²) < 4.78 is 5.21. The molecule has 0 unspecified atom stereocenters. The smallest absolute Gasteiger partial charge is 0.246 e. The van der Waals surface area contributed by atoms with Gasteiger partial charge < -0.3 is 9.84 Å². The summed E-state index contributed by atoms with van der Waals surface area (Å²) in [6.45, 7) is 1.77. The largest absolute Gasteiger partial charge is 0.345 e. The van der Waals surface area contributed by atoms with Crippen LogP contribution >= 0.6 is 0 Å². The minimum Gasteiger partial charge on any atom is -0.345 e. The highest BCUT2D eigenvalue weighted by atomic mass is 16.5. The first-order valence-corrected chi connectivity index (χ1v) is 10.7. The maximum Gasteiger partial charge on any atom is 0.246 e. The zero-order valence-corrected chi connectivity index (χ0v) is 17.0. The van der Waals surface area contributed by atoms with Crippen molar-refractivity contribution in [1.82, 2.24) is 20.4 Å². The van der Waals surface area contributed by atoms with Crippen LogP contribution in [0.25, 0.3) is 11.4 Å². The van der Waals surface area contributed by atoms with Crippen LogP contribution < -0.4 is 5.32 Å². The van der Waals surface area contributed by atoms with Gasteiger partial charge in [0.2, 0.25) is 29.4 Å². The van der Waals surface area contributed by atoms with E-state index in [9.17, 15) is 14.4 Å². The molecule has 8 nitrogen and oxygen atoms in total. The van der Waals surface area contributed by atoms with Gasteiger partial charge in [-0.15, -0.1) is 0 Å². The van der Waals surface area contributed by atoms with E-state index in [1.54, 1.807) is 0 Å². The first-order chi connectivity index (χ1) is 15.0. The summed E-state index contributed by atoms with van der Waals surface area (Å²) in [6, 6.07) is 7.72. The van der Waals surface area contributed by atoms with E-state index in [0.717, 1.165) is 22.4 Å². The molecule has 8 heteroatoms. The molecular weight excluding hydrogens is 396 g/mol. The van der Waals surface area contributed by atoms with Crippen LogP contribution in [0.1, 0.15) is 17.9 Å². The minimum absolute atomic E-state index is 0.0394. The predicted molar refractivity (Wildman–Crippen MR) is 108 cm³/mol. The third-order valence-corrected chi connectivity index (χ3v) is 7.27. The summed E-state index contributed by atoms with van der Waals surface area (Å²) in [7, 11) is 0. The van der Waals surface area contributed by atoms with Gasteiger partial charge in [-0.2, -0.15) is 4.98 Å². The van der Waals surface area contributed by atoms with Crippen LogP contribution in [-0.2, 0) is 20.9 Å². The monoisotopic (exact) mass is 418 g/mol. The lowest BCUT2D eigenvalue weighted by Gasteiger charge is -2.37. The summed E-state index contributed by atoms with van der Waals surface area (Å²) in [5.74, 6) is 0.720. The molecule has 0 radical (unpaired) electrons. The number of rotatable bonds is 5. The SMILES string of the molecule is Cc1ccc(-c2noc(CNC(=O)CN3C(=O)[C@@H]4[C@H]5C=C[C@@H]([C@@H]6C[C@@H]56)[C@H]4C3=O)n2)cc1. The molecule has 31 heavy (non-hydrogen) atoms. The standard InChI is InChI=1S/C23H22N4O4/c1-11-2-4-12(5-3-11)21-25-18(31-26-21)9-24-17(28)10-27-22(29)19-13-6-7-14(16-8-15(13)16)20(19)23(27)30/h2-7,13-16,19-20H,8-10H2,1H3,(H,24,28)/t13-,14-,15-,16-,19+,20+/m0/s1. The number of imide groups is 1. The summed E-state index contributed by atoms with van der Waals surface area (Å²) in [4.78, 5) is 43.8. The Labute approximate surface area is 178 Å². The molecule has 1 aromatic carbocycles. The second kappa shape index (κ2) is 6.60. The van der Waals surface area contributed by atoms with Gasteiger partial charge in [-0.1, -0.05) is 47.1 Å². The van der Waals surface area contributed by atoms with Gasteiger partial charge in [0.25, 0.3) is 0 Å². The highest BCUT2D eigenvalue weighted by Crippen LogP contribution is 2.65. The fraction of sp³-hybridized carbons (Fsp3) is 0.435. The number of carbonyl (C=O) groups is 3. The lowest BCUT2D eigenvalue weighted by atomic mass is 9.63. The Hall–Kier alpha value is -3.29. The van der Waals surface area contributed by atoms with Crippen molar-refractivity contribution >= 4 is 17.7 Å². The summed E-state index contributed by atoms with van der Waals surface area (Å²) in [5.41, 5.74) is 1.95. The first-order valence-electron chi connectivity index (χ1n) is 10.7. The minimum atomic E-state index is -0.416. The van der Waals surface area contributed by atoms with Gasteiger partial charge in [-0.25, -0.2) is 0 Å². The summed E-state index contributed by atoms with van der Waals surface area (Å²) >= 11 is 0. The Morgan fingerprint density at radius 3 is 2.39 bits per heavy atom. The number of aromatic nitrogens is 2. The number of amides is 3. The van der Waals surface area contributed by atoms with Gasteiger partial charge in [0.05, 0.1) is 18.4 Å². The number of hydrogen-bond acceptors (Lipinski definition) is 6. The average molecular weight is 418 g/mol. The lowest BCUT2D eigenvalue weighted by molar-refractivity contribution is -0.143. The topological polar surface area (TPSA) is 105 Å². The first kappa shape index (κ1) is 18.5. The van der Waals surface area contributed by atoms with E-state index >= 15 is 0 Å². The van der Waals surface area contributed by atoms with Crippen molar-refractivity contribution in [3.05, 3.63) is 47.9 Å². The summed E-state index contributed by atoms with van der Waals surface area (Å²) in [6.07, 6.45) is 5.36. The number of benzene rings is 1. The van der Waals surface area contributed by atoms with E-state index in [0.29, 0.717) is 17.7 Å². The Morgan fingerprint density at radius 1 is 1.10 bits per heavy atom. The Balaban J connectivity index is 1.09. The van der Waals surface area contributed by atoms with Crippen LogP contribution in [0.3, 0.4) is 0 Å². The number of allylic oxidation sites excluding steroid dienone is 2. The van der Waals surface area contributed by atoms with E-state index in [-0.39, 0.29) is 54.5 Å². The van der Waals surface area contributed by atoms with E-state index in [1.165, 1.54) is 0 Å². The Bertz CT molecular complexity index is 1080. The quantitative estimate of drug-likeness (QED) is 0.585. The number of carbonyl (C=O) groups excluding carboxylic acids is 3. The number of likely N-dealkylation sites (tertiary alicyclic amines) is 1. The van der Waals surface area contributed by atoms with Crippen molar-refractivity contribution in [2.45, 2.75) is 19.9 Å².